The predicted octanol–water partition coefficient (Wildman–Crippen LogP) is 2.77. The third-order valence-electron chi connectivity index (χ3n) is 3.27. The summed E-state index contributed by atoms with van der Waals surface area (Å²) in [5.41, 5.74) is 0.469. The van der Waals surface area contributed by atoms with Gasteiger partial charge in [-0.3, -0.25) is 4.79 Å². The lowest BCUT2D eigenvalue weighted by Crippen LogP contribution is -2.50. The van der Waals surface area contributed by atoms with Crippen LogP contribution in [0.4, 0.5) is 0 Å². The summed E-state index contributed by atoms with van der Waals surface area (Å²) in [4.78, 5) is 18.5. The first-order valence-corrected chi connectivity index (χ1v) is 7.51. The lowest BCUT2D eigenvalue weighted by molar-refractivity contribution is -0.0387. The van der Waals surface area contributed by atoms with Gasteiger partial charge in [-0.2, -0.15) is 0 Å². The molecule has 1 fully saturated rings. The van der Waals surface area contributed by atoms with E-state index in [4.69, 9.17) is 21.1 Å². The Balaban J connectivity index is 2.17. The number of carbonyl (C=O) groups is 1. The molecule has 1 aromatic heterocycles. The number of nitrogens with zero attached hydrogens (tertiary/aromatic N) is 2. The highest BCUT2D eigenvalue weighted by Crippen LogP contribution is 2.25. The molecule has 5 nitrogen and oxygen atoms in total. The van der Waals surface area contributed by atoms with Crippen LogP contribution in [-0.4, -0.2) is 47.2 Å². The number of rotatable bonds is 3. The SMILES string of the molecule is CC(C)Oc1ncc(C(=O)N2C[C@@H](C)OC[C@H]2C)cc1Cl. The smallest absolute Gasteiger partial charge is 0.255 e. The highest BCUT2D eigenvalue weighted by Gasteiger charge is 2.28. The van der Waals surface area contributed by atoms with Gasteiger partial charge >= 0.3 is 0 Å². The van der Waals surface area contributed by atoms with Crippen LogP contribution in [0.5, 0.6) is 5.88 Å². The molecule has 0 aliphatic carbocycles. The van der Waals surface area contributed by atoms with Crippen LogP contribution < -0.4 is 4.74 Å². The number of morpholine rings is 1. The Hall–Kier alpha value is -1.33. The Morgan fingerprint density at radius 1 is 1.52 bits per heavy atom. The van der Waals surface area contributed by atoms with Crippen molar-refractivity contribution < 1.29 is 14.3 Å². The van der Waals surface area contributed by atoms with Crippen molar-refractivity contribution in [1.29, 1.82) is 0 Å². The zero-order valence-corrected chi connectivity index (χ0v) is 13.6. The van der Waals surface area contributed by atoms with Gasteiger partial charge in [0.25, 0.3) is 5.91 Å². The van der Waals surface area contributed by atoms with E-state index in [0.717, 1.165) is 0 Å². The number of pyridine rings is 1. The number of hydrogen-bond acceptors (Lipinski definition) is 4. The molecule has 21 heavy (non-hydrogen) atoms. The molecule has 1 aliphatic rings. The van der Waals surface area contributed by atoms with E-state index in [1.165, 1.54) is 6.20 Å². The molecular weight excluding hydrogens is 292 g/mol. The van der Waals surface area contributed by atoms with E-state index >= 15 is 0 Å². The van der Waals surface area contributed by atoms with Crippen molar-refractivity contribution in [3.8, 4) is 5.88 Å². The summed E-state index contributed by atoms with van der Waals surface area (Å²) in [5, 5.41) is 0.350. The molecule has 1 aromatic rings. The van der Waals surface area contributed by atoms with Gasteiger partial charge in [0, 0.05) is 12.7 Å². The van der Waals surface area contributed by atoms with E-state index in [2.05, 4.69) is 4.98 Å². The molecule has 0 spiro atoms. The van der Waals surface area contributed by atoms with Crippen molar-refractivity contribution in [3.63, 3.8) is 0 Å². The van der Waals surface area contributed by atoms with Crippen LogP contribution >= 0.6 is 11.6 Å². The lowest BCUT2D eigenvalue weighted by Gasteiger charge is -2.36. The monoisotopic (exact) mass is 312 g/mol. The molecule has 1 aliphatic heterocycles. The normalized spacial score (nSPS) is 22.5. The highest BCUT2D eigenvalue weighted by atomic mass is 35.5. The lowest BCUT2D eigenvalue weighted by atomic mass is 10.1. The number of carbonyl (C=O) groups excluding carboxylic acids is 1. The average molecular weight is 313 g/mol. The first-order valence-electron chi connectivity index (χ1n) is 7.13. The molecule has 116 valence electrons. The van der Waals surface area contributed by atoms with E-state index in [1.807, 2.05) is 27.7 Å². The van der Waals surface area contributed by atoms with Gasteiger partial charge in [0.15, 0.2) is 0 Å². The van der Waals surface area contributed by atoms with Gasteiger partial charge in [-0.15, -0.1) is 0 Å². The molecule has 1 amide bonds. The van der Waals surface area contributed by atoms with Crippen LogP contribution in [0.25, 0.3) is 0 Å². The van der Waals surface area contributed by atoms with E-state index in [-0.39, 0.29) is 24.2 Å². The van der Waals surface area contributed by atoms with Gasteiger partial charge in [-0.05, 0) is 33.8 Å². The van der Waals surface area contributed by atoms with E-state index in [9.17, 15) is 4.79 Å². The molecule has 2 atom stereocenters. The molecule has 0 N–H and O–H groups in total. The first kappa shape index (κ1) is 16.0. The minimum Gasteiger partial charge on any atom is -0.474 e. The number of hydrogen-bond donors (Lipinski definition) is 0. The Labute approximate surface area is 130 Å². The summed E-state index contributed by atoms with van der Waals surface area (Å²) in [6.45, 7) is 8.83. The van der Waals surface area contributed by atoms with Crippen LogP contribution in [-0.2, 0) is 4.74 Å². The van der Waals surface area contributed by atoms with Gasteiger partial charge in [0.05, 0.1) is 30.4 Å². The molecule has 2 rings (SSSR count). The van der Waals surface area contributed by atoms with Crippen molar-refractivity contribution in [2.75, 3.05) is 13.2 Å². The number of aromatic nitrogens is 1. The van der Waals surface area contributed by atoms with E-state index < -0.39 is 0 Å². The summed E-state index contributed by atoms with van der Waals surface area (Å²) in [6, 6.07) is 1.65. The highest BCUT2D eigenvalue weighted by molar-refractivity contribution is 6.32. The maximum atomic E-state index is 12.6. The van der Waals surface area contributed by atoms with Gasteiger partial charge in [-0.25, -0.2) is 4.98 Å². The molecule has 0 unspecified atom stereocenters. The number of halogens is 1. The second-order valence-corrected chi connectivity index (χ2v) is 6.04. The Bertz CT molecular complexity index is 522. The quantitative estimate of drug-likeness (QED) is 0.861. The standard InChI is InChI=1S/C15H21ClN2O3/c1-9(2)21-14-13(16)5-12(6-17-14)15(19)18-7-11(4)20-8-10(18)3/h5-6,9-11H,7-8H2,1-4H3/t10-,11-/m1/s1. The molecule has 0 aromatic carbocycles. The molecule has 0 saturated carbocycles. The second kappa shape index (κ2) is 6.62. The first-order chi connectivity index (χ1) is 9.88. The van der Waals surface area contributed by atoms with Crippen molar-refractivity contribution >= 4 is 17.5 Å². The van der Waals surface area contributed by atoms with Crippen LogP contribution in [0.1, 0.15) is 38.1 Å². The molecule has 2 heterocycles. The van der Waals surface area contributed by atoms with Crippen molar-refractivity contribution in [3.05, 3.63) is 22.8 Å². The molecule has 0 radical (unpaired) electrons. The summed E-state index contributed by atoms with van der Waals surface area (Å²) in [6.07, 6.45) is 1.53. The minimum absolute atomic E-state index is 0.0170. The maximum Gasteiger partial charge on any atom is 0.255 e. The van der Waals surface area contributed by atoms with Gasteiger partial charge in [0.1, 0.15) is 5.02 Å². The van der Waals surface area contributed by atoms with Crippen LogP contribution in [0.2, 0.25) is 5.02 Å². The molecule has 1 saturated heterocycles. The Kier molecular flexibility index (Phi) is 5.06. The molecule has 0 bridgehead atoms. The molecule has 6 heteroatoms. The summed E-state index contributed by atoms with van der Waals surface area (Å²) in [5.74, 6) is 0.273. The number of ether oxygens (including phenoxy) is 2. The molecular formula is C15H21ClN2O3. The largest absolute Gasteiger partial charge is 0.474 e. The topological polar surface area (TPSA) is 51.7 Å². The predicted molar refractivity (Wildman–Crippen MR) is 80.9 cm³/mol. The van der Waals surface area contributed by atoms with Crippen molar-refractivity contribution in [2.24, 2.45) is 0 Å². The fraction of sp³-hybridized carbons (Fsp3) is 0.600. The number of amides is 1. The minimum atomic E-state index is -0.0804. The maximum absolute atomic E-state index is 12.6. The van der Waals surface area contributed by atoms with E-state index in [0.29, 0.717) is 29.6 Å². The van der Waals surface area contributed by atoms with Crippen molar-refractivity contribution in [1.82, 2.24) is 9.88 Å². The van der Waals surface area contributed by atoms with Crippen LogP contribution in [0.3, 0.4) is 0 Å². The van der Waals surface area contributed by atoms with Crippen LogP contribution in [0, 0.1) is 0 Å². The third-order valence-corrected chi connectivity index (χ3v) is 3.54. The average Bonchev–Trinajstić information content (AvgIpc) is 2.42. The van der Waals surface area contributed by atoms with Gasteiger partial charge < -0.3 is 14.4 Å². The zero-order chi connectivity index (χ0) is 15.6. The third kappa shape index (κ3) is 3.86. The van der Waals surface area contributed by atoms with Crippen LogP contribution in [0.15, 0.2) is 12.3 Å². The fourth-order valence-corrected chi connectivity index (χ4v) is 2.42. The summed E-state index contributed by atoms with van der Waals surface area (Å²) in [7, 11) is 0. The van der Waals surface area contributed by atoms with Gasteiger partial charge in [0.2, 0.25) is 5.88 Å². The Morgan fingerprint density at radius 2 is 2.24 bits per heavy atom. The zero-order valence-electron chi connectivity index (χ0n) is 12.8. The fourth-order valence-electron chi connectivity index (χ4n) is 2.20. The summed E-state index contributed by atoms with van der Waals surface area (Å²) >= 11 is 6.14. The Morgan fingerprint density at radius 3 is 2.86 bits per heavy atom. The van der Waals surface area contributed by atoms with Gasteiger partial charge in [-0.1, -0.05) is 11.6 Å². The summed E-state index contributed by atoms with van der Waals surface area (Å²) < 4.78 is 11.0. The second-order valence-electron chi connectivity index (χ2n) is 5.63. The van der Waals surface area contributed by atoms with Crippen molar-refractivity contribution in [2.45, 2.75) is 45.9 Å². The van der Waals surface area contributed by atoms with E-state index in [1.54, 1.807) is 11.0 Å².